The summed E-state index contributed by atoms with van der Waals surface area (Å²) in [7, 11) is 0. The Morgan fingerprint density at radius 3 is 2.02 bits per heavy atom. The number of hydrogen-bond donors (Lipinski definition) is 3. The van der Waals surface area contributed by atoms with Crippen LogP contribution in [0, 0.1) is 5.41 Å². The molecule has 240 valence electrons. The molecule has 2 atom stereocenters. The number of hydrogen-bond acceptors (Lipinski definition) is 7. The molecule has 0 aliphatic carbocycles. The number of ether oxygens (including phenoxy) is 2. The van der Waals surface area contributed by atoms with Gasteiger partial charge in [-0.15, -0.1) is 0 Å². The SMILES string of the molecule is CC(C)(C)OC(=O)NCCCC[C@@H](N)C(=O)N1CCC2(CC1)CN(C(=O)[C@@H](Cc1ccccc1)NC(=O)OC(C)(C)C)C2. The van der Waals surface area contributed by atoms with Crippen LogP contribution in [0.2, 0.25) is 0 Å². The fourth-order valence-corrected chi connectivity index (χ4v) is 5.51. The van der Waals surface area contributed by atoms with Crippen molar-refractivity contribution in [2.45, 2.75) is 103 Å². The molecule has 0 aromatic heterocycles. The molecule has 2 fully saturated rings. The first-order valence-electron chi connectivity index (χ1n) is 15.4. The fourth-order valence-electron chi connectivity index (χ4n) is 5.51. The Labute approximate surface area is 256 Å². The number of amides is 4. The second kappa shape index (κ2) is 14.4. The van der Waals surface area contributed by atoms with Gasteiger partial charge >= 0.3 is 12.2 Å². The van der Waals surface area contributed by atoms with E-state index in [0.29, 0.717) is 52.0 Å². The van der Waals surface area contributed by atoms with Crippen LogP contribution in [0.3, 0.4) is 0 Å². The minimum atomic E-state index is -0.728. The van der Waals surface area contributed by atoms with Crippen LogP contribution >= 0.6 is 0 Å². The minimum absolute atomic E-state index is 0.0208. The number of likely N-dealkylation sites (tertiary alicyclic amines) is 2. The summed E-state index contributed by atoms with van der Waals surface area (Å²) in [6.07, 6.45) is 2.90. The van der Waals surface area contributed by atoms with E-state index in [0.717, 1.165) is 24.8 Å². The lowest BCUT2D eigenvalue weighted by Gasteiger charge is -2.54. The van der Waals surface area contributed by atoms with Crippen LogP contribution in [-0.4, -0.2) is 89.8 Å². The molecule has 1 aromatic rings. The van der Waals surface area contributed by atoms with Crippen molar-refractivity contribution in [1.82, 2.24) is 20.4 Å². The average molecular weight is 602 g/mol. The third kappa shape index (κ3) is 11.0. The van der Waals surface area contributed by atoms with Gasteiger partial charge in [0.2, 0.25) is 11.8 Å². The number of nitrogens with zero attached hydrogens (tertiary/aromatic N) is 2. The van der Waals surface area contributed by atoms with E-state index in [1.54, 1.807) is 25.7 Å². The van der Waals surface area contributed by atoms with Gasteiger partial charge in [-0.25, -0.2) is 9.59 Å². The van der Waals surface area contributed by atoms with Gasteiger partial charge in [0.1, 0.15) is 17.2 Å². The molecule has 2 heterocycles. The predicted octanol–water partition coefficient (Wildman–Crippen LogP) is 3.60. The Bertz CT molecular complexity index is 1100. The highest BCUT2D eigenvalue weighted by molar-refractivity contribution is 5.87. The van der Waals surface area contributed by atoms with Gasteiger partial charge in [0, 0.05) is 44.6 Å². The van der Waals surface area contributed by atoms with Gasteiger partial charge in [0.25, 0.3) is 0 Å². The Balaban J connectivity index is 1.43. The molecule has 11 heteroatoms. The molecule has 2 aliphatic rings. The molecule has 4 N–H and O–H groups in total. The maximum atomic E-state index is 13.5. The van der Waals surface area contributed by atoms with Gasteiger partial charge in [-0.2, -0.15) is 0 Å². The number of rotatable bonds is 10. The molecule has 2 saturated heterocycles. The normalized spacial score (nSPS) is 17.8. The highest BCUT2D eigenvalue weighted by Crippen LogP contribution is 2.41. The summed E-state index contributed by atoms with van der Waals surface area (Å²) >= 11 is 0. The number of carbonyl (C=O) groups is 4. The fraction of sp³-hybridized carbons (Fsp3) is 0.688. The number of carbonyl (C=O) groups excluding carboxylic acids is 4. The minimum Gasteiger partial charge on any atom is -0.444 e. The van der Waals surface area contributed by atoms with E-state index in [2.05, 4.69) is 10.6 Å². The third-order valence-corrected chi connectivity index (χ3v) is 7.70. The molecule has 0 unspecified atom stereocenters. The molecular weight excluding hydrogens is 550 g/mol. The summed E-state index contributed by atoms with van der Waals surface area (Å²) in [4.78, 5) is 54.4. The van der Waals surface area contributed by atoms with E-state index in [9.17, 15) is 19.2 Å². The average Bonchev–Trinajstić information content (AvgIpc) is 2.89. The Kier molecular flexibility index (Phi) is 11.5. The van der Waals surface area contributed by atoms with Crippen LogP contribution in [0.1, 0.15) is 79.2 Å². The van der Waals surface area contributed by atoms with Gasteiger partial charge in [-0.1, -0.05) is 30.3 Å². The van der Waals surface area contributed by atoms with Gasteiger partial charge in [0.05, 0.1) is 6.04 Å². The summed E-state index contributed by atoms with van der Waals surface area (Å²) in [6.45, 7) is 13.7. The van der Waals surface area contributed by atoms with Crippen molar-refractivity contribution in [2.75, 3.05) is 32.7 Å². The number of benzene rings is 1. The van der Waals surface area contributed by atoms with Crippen molar-refractivity contribution in [3.8, 4) is 0 Å². The number of alkyl carbamates (subject to hydrolysis) is 2. The van der Waals surface area contributed by atoms with Crippen molar-refractivity contribution in [3.63, 3.8) is 0 Å². The number of nitrogens with two attached hydrogens (primary N) is 1. The zero-order valence-corrected chi connectivity index (χ0v) is 26.7. The molecule has 4 amide bonds. The molecule has 43 heavy (non-hydrogen) atoms. The maximum absolute atomic E-state index is 13.5. The second-order valence-electron chi connectivity index (χ2n) is 13.9. The summed E-state index contributed by atoms with van der Waals surface area (Å²) in [5.74, 6) is -0.172. The van der Waals surface area contributed by atoms with Crippen LogP contribution < -0.4 is 16.4 Å². The smallest absolute Gasteiger partial charge is 0.408 e. The molecular formula is C32H51N5O6. The highest BCUT2D eigenvalue weighted by atomic mass is 16.6. The first-order chi connectivity index (χ1) is 20.1. The van der Waals surface area contributed by atoms with E-state index in [-0.39, 0.29) is 17.2 Å². The van der Waals surface area contributed by atoms with Crippen molar-refractivity contribution in [2.24, 2.45) is 11.1 Å². The first kappa shape index (κ1) is 34.2. The van der Waals surface area contributed by atoms with Crippen molar-refractivity contribution in [1.29, 1.82) is 0 Å². The lowest BCUT2D eigenvalue weighted by atomic mass is 9.71. The first-order valence-corrected chi connectivity index (χ1v) is 15.4. The van der Waals surface area contributed by atoms with Crippen LogP contribution in [0.4, 0.5) is 9.59 Å². The standard InChI is InChI=1S/C32H51N5O6/c1-30(2,3)42-28(40)34-17-11-10-14-24(33)26(38)36-18-15-32(16-19-36)21-37(22-32)27(39)25(20-23-12-8-7-9-13-23)35-29(41)43-31(4,5)6/h7-9,12-13,24-25H,10-11,14-22,33H2,1-6H3,(H,34,40)(H,35,41)/t24-,25-/m1/s1. The van der Waals surface area contributed by atoms with Crippen LogP contribution in [-0.2, 0) is 25.5 Å². The molecule has 0 bridgehead atoms. The molecule has 3 rings (SSSR count). The van der Waals surface area contributed by atoms with E-state index >= 15 is 0 Å². The molecule has 11 nitrogen and oxygen atoms in total. The zero-order chi connectivity index (χ0) is 31.8. The maximum Gasteiger partial charge on any atom is 0.408 e. The van der Waals surface area contributed by atoms with Gasteiger partial charge in [0.15, 0.2) is 0 Å². The van der Waals surface area contributed by atoms with E-state index in [1.807, 2.05) is 56.0 Å². The highest BCUT2D eigenvalue weighted by Gasteiger charge is 2.48. The molecule has 2 aliphatic heterocycles. The van der Waals surface area contributed by atoms with Gasteiger partial charge in [-0.3, -0.25) is 9.59 Å². The molecule has 1 spiro atoms. The lowest BCUT2D eigenvalue weighted by Crippen LogP contribution is -2.65. The van der Waals surface area contributed by atoms with E-state index < -0.39 is 35.5 Å². The monoisotopic (exact) mass is 601 g/mol. The number of piperidine rings is 1. The molecule has 0 radical (unpaired) electrons. The number of unbranched alkanes of at least 4 members (excludes halogenated alkanes) is 1. The zero-order valence-electron chi connectivity index (χ0n) is 26.7. The summed E-state index contributed by atoms with van der Waals surface area (Å²) in [5, 5.41) is 5.51. The Hall–Kier alpha value is -3.34. The van der Waals surface area contributed by atoms with Gasteiger partial charge < -0.3 is 35.6 Å². The number of nitrogens with one attached hydrogen (secondary N) is 2. The molecule has 1 aromatic carbocycles. The largest absolute Gasteiger partial charge is 0.444 e. The lowest BCUT2D eigenvalue weighted by molar-refractivity contribution is -0.152. The predicted molar refractivity (Wildman–Crippen MR) is 164 cm³/mol. The molecule has 0 saturated carbocycles. The van der Waals surface area contributed by atoms with E-state index in [4.69, 9.17) is 15.2 Å². The summed E-state index contributed by atoms with van der Waals surface area (Å²) in [5.41, 5.74) is 5.95. The summed E-state index contributed by atoms with van der Waals surface area (Å²) in [6, 6.07) is 8.31. The van der Waals surface area contributed by atoms with Crippen molar-refractivity contribution < 1.29 is 28.7 Å². The van der Waals surface area contributed by atoms with Crippen LogP contribution in [0.25, 0.3) is 0 Å². The Morgan fingerprint density at radius 2 is 1.44 bits per heavy atom. The second-order valence-corrected chi connectivity index (χ2v) is 13.9. The van der Waals surface area contributed by atoms with Crippen LogP contribution in [0.15, 0.2) is 30.3 Å². The van der Waals surface area contributed by atoms with Crippen molar-refractivity contribution in [3.05, 3.63) is 35.9 Å². The summed E-state index contributed by atoms with van der Waals surface area (Å²) < 4.78 is 10.6. The Morgan fingerprint density at radius 1 is 0.860 bits per heavy atom. The van der Waals surface area contributed by atoms with Crippen molar-refractivity contribution >= 4 is 24.0 Å². The van der Waals surface area contributed by atoms with E-state index in [1.165, 1.54) is 0 Å². The third-order valence-electron chi connectivity index (χ3n) is 7.70. The quantitative estimate of drug-likeness (QED) is 0.348. The topological polar surface area (TPSA) is 143 Å². The van der Waals surface area contributed by atoms with Gasteiger partial charge in [-0.05, 0) is 79.2 Å². The van der Waals surface area contributed by atoms with Crippen LogP contribution in [0.5, 0.6) is 0 Å².